The molecule has 0 bridgehead atoms. The molecule has 0 saturated carbocycles. The Hall–Kier alpha value is -2.35. The molecule has 1 spiro atoms. The Kier molecular flexibility index (Phi) is 2.93. The van der Waals surface area contributed by atoms with Crippen molar-refractivity contribution >= 4 is 11.9 Å². The van der Waals surface area contributed by atoms with Gasteiger partial charge in [-0.3, -0.25) is 4.79 Å². The molecule has 0 aromatic heterocycles. The van der Waals surface area contributed by atoms with Gasteiger partial charge < -0.3 is 4.74 Å². The summed E-state index contributed by atoms with van der Waals surface area (Å²) >= 11 is 0. The third-order valence-electron chi connectivity index (χ3n) is 4.60. The van der Waals surface area contributed by atoms with Crippen LogP contribution in [-0.4, -0.2) is 5.78 Å². The lowest BCUT2D eigenvalue weighted by molar-refractivity contribution is -0.130. The van der Waals surface area contributed by atoms with Gasteiger partial charge in [0.05, 0.1) is 0 Å². The van der Waals surface area contributed by atoms with Crippen LogP contribution in [0.4, 0.5) is 0 Å². The van der Waals surface area contributed by atoms with E-state index in [1.165, 1.54) is 0 Å². The maximum Gasteiger partial charge on any atom is 0.207 e. The highest BCUT2D eigenvalue weighted by molar-refractivity contribution is 6.09. The van der Waals surface area contributed by atoms with Gasteiger partial charge in [0.1, 0.15) is 5.75 Å². The van der Waals surface area contributed by atoms with Crippen molar-refractivity contribution in [1.29, 1.82) is 0 Å². The minimum Gasteiger partial charge on any atom is -0.474 e. The molecule has 1 aliphatic heterocycles. The van der Waals surface area contributed by atoms with Crippen LogP contribution in [0.3, 0.4) is 0 Å². The number of ketones is 1. The Morgan fingerprint density at radius 1 is 1.09 bits per heavy atom. The van der Waals surface area contributed by atoms with Crippen molar-refractivity contribution in [2.24, 2.45) is 0 Å². The number of rotatable bonds is 2. The van der Waals surface area contributed by atoms with Crippen LogP contribution in [0.25, 0.3) is 6.08 Å². The van der Waals surface area contributed by atoms with Crippen molar-refractivity contribution in [3.63, 3.8) is 0 Å². The monoisotopic (exact) mass is 290 g/mol. The molecule has 0 amide bonds. The Morgan fingerprint density at radius 2 is 1.86 bits per heavy atom. The molecule has 0 saturated heterocycles. The normalized spacial score (nSPS) is 22.0. The average molecular weight is 290 g/mol. The molecule has 0 N–H and O–H groups in total. The molecule has 1 unspecified atom stereocenters. The molecule has 1 atom stereocenters. The number of ether oxygens (including phenoxy) is 1. The molecule has 22 heavy (non-hydrogen) atoms. The van der Waals surface area contributed by atoms with Crippen molar-refractivity contribution in [2.45, 2.75) is 31.8 Å². The van der Waals surface area contributed by atoms with Crippen LogP contribution in [-0.2, 0) is 16.8 Å². The minimum absolute atomic E-state index is 0.129. The molecular formula is C20H18O2. The lowest BCUT2D eigenvalue weighted by atomic mass is 9.75. The molecule has 0 fully saturated rings. The summed E-state index contributed by atoms with van der Waals surface area (Å²) in [6, 6.07) is 16.1. The molecule has 1 heterocycles. The maximum absolute atomic E-state index is 13.2. The van der Waals surface area contributed by atoms with Crippen LogP contribution in [0, 0.1) is 0 Å². The van der Waals surface area contributed by atoms with E-state index in [1.54, 1.807) is 0 Å². The van der Waals surface area contributed by atoms with Crippen LogP contribution < -0.4 is 4.74 Å². The van der Waals surface area contributed by atoms with E-state index in [0.717, 1.165) is 40.9 Å². The van der Waals surface area contributed by atoms with Gasteiger partial charge >= 0.3 is 0 Å². The van der Waals surface area contributed by atoms with Crippen LogP contribution >= 0.6 is 0 Å². The average Bonchev–Trinajstić information content (AvgIpc) is 2.93. The first-order valence-electron chi connectivity index (χ1n) is 7.86. The first-order valence-corrected chi connectivity index (χ1v) is 7.86. The van der Waals surface area contributed by atoms with E-state index in [4.69, 9.17) is 4.74 Å². The molecule has 2 aromatic rings. The molecule has 2 aromatic carbocycles. The van der Waals surface area contributed by atoms with E-state index in [-0.39, 0.29) is 5.78 Å². The fourth-order valence-electron chi connectivity index (χ4n) is 3.60. The standard InChI is InChI=1S/C20H18O2/c1-2-7-15-12-14-8-3-5-10-17(14)20(19(15)21)13-16-9-4-6-11-18(16)22-20/h3-6,8-12H,2,7,13H2,1H3. The SMILES string of the molecule is CCCC1=Cc2ccccc2C2(Cc3ccccc3O2)C1=O. The van der Waals surface area contributed by atoms with E-state index < -0.39 is 5.60 Å². The summed E-state index contributed by atoms with van der Waals surface area (Å²) in [5.41, 5.74) is 3.24. The van der Waals surface area contributed by atoms with Crippen molar-refractivity contribution in [1.82, 2.24) is 0 Å². The van der Waals surface area contributed by atoms with E-state index in [2.05, 4.69) is 19.1 Å². The fraction of sp³-hybridized carbons (Fsp3) is 0.250. The Morgan fingerprint density at radius 3 is 2.68 bits per heavy atom. The number of carbonyl (C=O) groups is 1. The van der Waals surface area contributed by atoms with Gasteiger partial charge in [0.25, 0.3) is 0 Å². The minimum atomic E-state index is -0.862. The second kappa shape index (κ2) is 4.84. The van der Waals surface area contributed by atoms with Crippen molar-refractivity contribution in [3.8, 4) is 5.75 Å². The van der Waals surface area contributed by atoms with Gasteiger partial charge in [-0.15, -0.1) is 0 Å². The quantitative estimate of drug-likeness (QED) is 0.825. The molecule has 1 aliphatic carbocycles. The molecule has 2 heteroatoms. The van der Waals surface area contributed by atoms with Gasteiger partial charge in [0, 0.05) is 17.6 Å². The van der Waals surface area contributed by atoms with Gasteiger partial charge in [-0.2, -0.15) is 0 Å². The third-order valence-corrected chi connectivity index (χ3v) is 4.60. The zero-order valence-corrected chi connectivity index (χ0v) is 12.6. The number of hydrogen-bond acceptors (Lipinski definition) is 2. The summed E-state index contributed by atoms with van der Waals surface area (Å²) in [6.45, 7) is 2.10. The predicted molar refractivity (Wildman–Crippen MR) is 86.8 cm³/mol. The summed E-state index contributed by atoms with van der Waals surface area (Å²) < 4.78 is 6.26. The van der Waals surface area contributed by atoms with Crippen molar-refractivity contribution < 1.29 is 9.53 Å². The van der Waals surface area contributed by atoms with Gasteiger partial charge in [0.2, 0.25) is 11.4 Å². The highest BCUT2D eigenvalue weighted by Gasteiger charge is 2.50. The number of hydrogen-bond donors (Lipinski definition) is 0. The topological polar surface area (TPSA) is 26.3 Å². The summed E-state index contributed by atoms with van der Waals surface area (Å²) in [5, 5.41) is 0. The zero-order chi connectivity index (χ0) is 15.2. The first kappa shape index (κ1) is 13.3. The highest BCUT2D eigenvalue weighted by Crippen LogP contribution is 2.47. The molecule has 2 aliphatic rings. The summed E-state index contributed by atoms with van der Waals surface area (Å²) in [4.78, 5) is 13.2. The Bertz CT molecular complexity index is 761. The Balaban J connectivity index is 1.90. The Labute approximate surface area is 130 Å². The molecule has 110 valence electrons. The van der Waals surface area contributed by atoms with E-state index in [0.29, 0.717) is 6.42 Å². The smallest absolute Gasteiger partial charge is 0.207 e. The number of benzene rings is 2. The van der Waals surface area contributed by atoms with Gasteiger partial charge in [0.15, 0.2) is 0 Å². The third kappa shape index (κ3) is 1.77. The van der Waals surface area contributed by atoms with Crippen molar-refractivity contribution in [3.05, 3.63) is 70.8 Å². The van der Waals surface area contributed by atoms with Crippen LogP contribution in [0.2, 0.25) is 0 Å². The molecule has 4 rings (SSSR count). The van der Waals surface area contributed by atoms with E-state index in [1.807, 2.05) is 42.5 Å². The summed E-state index contributed by atoms with van der Waals surface area (Å²) in [7, 11) is 0. The maximum atomic E-state index is 13.2. The fourth-order valence-corrected chi connectivity index (χ4v) is 3.60. The van der Waals surface area contributed by atoms with Crippen LogP contribution in [0.1, 0.15) is 36.5 Å². The largest absolute Gasteiger partial charge is 0.474 e. The number of para-hydroxylation sites is 1. The van der Waals surface area contributed by atoms with Gasteiger partial charge in [-0.25, -0.2) is 0 Å². The van der Waals surface area contributed by atoms with Gasteiger partial charge in [-0.1, -0.05) is 55.8 Å². The summed E-state index contributed by atoms with van der Waals surface area (Å²) in [5.74, 6) is 0.965. The van der Waals surface area contributed by atoms with Crippen LogP contribution in [0.5, 0.6) is 5.75 Å². The number of Topliss-reactive ketones (excluding diaryl/α,β-unsaturated/α-hetero) is 1. The predicted octanol–water partition coefficient (Wildman–Crippen LogP) is 4.28. The van der Waals surface area contributed by atoms with E-state index >= 15 is 0 Å². The second-order valence-electron chi connectivity index (χ2n) is 6.05. The highest BCUT2D eigenvalue weighted by atomic mass is 16.5. The second-order valence-corrected chi connectivity index (χ2v) is 6.05. The number of carbonyl (C=O) groups excluding carboxylic acids is 1. The molecular weight excluding hydrogens is 272 g/mol. The van der Waals surface area contributed by atoms with Gasteiger partial charge in [-0.05, 0) is 29.7 Å². The zero-order valence-electron chi connectivity index (χ0n) is 12.6. The van der Waals surface area contributed by atoms with Crippen LogP contribution in [0.15, 0.2) is 54.1 Å². The summed E-state index contributed by atoms with van der Waals surface area (Å²) in [6.07, 6.45) is 4.43. The van der Waals surface area contributed by atoms with Crippen molar-refractivity contribution in [2.75, 3.05) is 0 Å². The van der Waals surface area contributed by atoms with E-state index in [9.17, 15) is 4.79 Å². The first-order chi connectivity index (χ1) is 10.7. The number of fused-ring (bicyclic) bond motifs is 3. The molecule has 2 nitrogen and oxygen atoms in total. The lowest BCUT2D eigenvalue weighted by Crippen LogP contribution is -2.43. The lowest BCUT2D eigenvalue weighted by Gasteiger charge is -2.33. The molecule has 0 radical (unpaired) electrons.